The molecule has 0 unspecified atom stereocenters. The summed E-state index contributed by atoms with van der Waals surface area (Å²) < 4.78 is 0. The molecule has 2 N–H and O–H groups in total. The molecule has 4 nitrogen and oxygen atoms in total. The summed E-state index contributed by atoms with van der Waals surface area (Å²) in [5.74, 6) is -2.38. The number of allylic oxidation sites excluding steroid dienone is 2. The first-order valence-corrected chi connectivity index (χ1v) is 6.40. The van der Waals surface area contributed by atoms with Crippen molar-refractivity contribution in [3.8, 4) is 0 Å². The van der Waals surface area contributed by atoms with Crippen LogP contribution in [0.2, 0.25) is 5.02 Å². The molecular weight excluding hydrogens is 266 g/mol. The molecular formula is C14H14ClNO3. The van der Waals surface area contributed by atoms with Gasteiger partial charge in [-0.1, -0.05) is 23.8 Å². The molecule has 1 aliphatic carbocycles. The van der Waals surface area contributed by atoms with Gasteiger partial charge in [0.25, 0.3) is 0 Å². The van der Waals surface area contributed by atoms with Crippen molar-refractivity contribution in [1.82, 2.24) is 0 Å². The van der Waals surface area contributed by atoms with Gasteiger partial charge in [0.05, 0.1) is 11.8 Å². The van der Waals surface area contributed by atoms with Crippen molar-refractivity contribution in [2.75, 3.05) is 5.32 Å². The maximum atomic E-state index is 12.1. The minimum absolute atomic E-state index is 0.265. The average Bonchev–Trinajstić information content (AvgIpc) is 2.41. The second-order valence-corrected chi connectivity index (χ2v) is 4.93. The number of hydrogen-bond acceptors (Lipinski definition) is 2. The second kappa shape index (κ2) is 5.89. The molecule has 1 amide bonds. The van der Waals surface area contributed by atoms with E-state index in [4.69, 9.17) is 16.7 Å². The Labute approximate surface area is 116 Å². The van der Waals surface area contributed by atoms with Crippen LogP contribution in [0.25, 0.3) is 0 Å². The van der Waals surface area contributed by atoms with Crippen LogP contribution in [-0.4, -0.2) is 17.0 Å². The highest BCUT2D eigenvalue weighted by atomic mass is 35.5. The van der Waals surface area contributed by atoms with E-state index in [1.807, 2.05) is 12.2 Å². The summed E-state index contributed by atoms with van der Waals surface area (Å²) in [4.78, 5) is 23.3. The Balaban J connectivity index is 2.08. The number of carbonyl (C=O) groups excluding carboxylic acids is 1. The molecule has 0 radical (unpaired) electrons. The summed E-state index contributed by atoms with van der Waals surface area (Å²) in [5, 5.41) is 12.4. The Hall–Kier alpha value is -1.81. The lowest BCUT2D eigenvalue weighted by molar-refractivity contribution is -0.146. The SMILES string of the molecule is O=C(O)[C@H]1CC=CC[C@@H]1C(=O)Nc1ccc(Cl)cc1. The molecule has 19 heavy (non-hydrogen) atoms. The van der Waals surface area contributed by atoms with Crippen molar-refractivity contribution in [1.29, 1.82) is 0 Å². The largest absolute Gasteiger partial charge is 0.481 e. The standard InChI is InChI=1S/C14H14ClNO3/c15-9-5-7-10(8-6-9)16-13(17)11-3-1-2-4-12(11)14(18)19/h1-2,5-8,11-12H,3-4H2,(H,16,17)(H,18,19)/t11-,12-/m0/s1. The number of amides is 1. The van der Waals surface area contributed by atoms with Gasteiger partial charge in [0.1, 0.15) is 0 Å². The molecule has 100 valence electrons. The Kier molecular flexibility index (Phi) is 4.22. The van der Waals surface area contributed by atoms with Crippen LogP contribution in [0.4, 0.5) is 5.69 Å². The van der Waals surface area contributed by atoms with E-state index in [9.17, 15) is 9.59 Å². The molecule has 0 aromatic heterocycles. The fourth-order valence-corrected chi connectivity index (χ4v) is 2.27. The maximum Gasteiger partial charge on any atom is 0.307 e. The van der Waals surface area contributed by atoms with Gasteiger partial charge in [-0.25, -0.2) is 0 Å². The van der Waals surface area contributed by atoms with Gasteiger partial charge in [-0.05, 0) is 37.1 Å². The van der Waals surface area contributed by atoms with Crippen LogP contribution in [0.3, 0.4) is 0 Å². The summed E-state index contributed by atoms with van der Waals surface area (Å²) in [6, 6.07) is 6.72. The summed E-state index contributed by atoms with van der Waals surface area (Å²) in [7, 11) is 0. The monoisotopic (exact) mass is 279 g/mol. The van der Waals surface area contributed by atoms with Crippen LogP contribution >= 0.6 is 11.6 Å². The Bertz CT molecular complexity index is 510. The lowest BCUT2D eigenvalue weighted by atomic mass is 9.82. The predicted octanol–water partition coefficient (Wildman–Crippen LogP) is 2.95. The number of hydrogen-bond donors (Lipinski definition) is 2. The molecule has 0 heterocycles. The molecule has 0 fully saturated rings. The van der Waals surface area contributed by atoms with Gasteiger partial charge in [0.15, 0.2) is 0 Å². The molecule has 0 saturated carbocycles. The minimum Gasteiger partial charge on any atom is -0.481 e. The van der Waals surface area contributed by atoms with E-state index in [2.05, 4.69) is 5.32 Å². The highest BCUT2D eigenvalue weighted by Gasteiger charge is 2.33. The fourth-order valence-electron chi connectivity index (χ4n) is 2.15. The third-order valence-corrected chi connectivity index (χ3v) is 3.45. The number of carbonyl (C=O) groups is 2. The zero-order valence-electron chi connectivity index (χ0n) is 10.2. The van der Waals surface area contributed by atoms with Crippen molar-refractivity contribution in [3.05, 3.63) is 41.4 Å². The zero-order chi connectivity index (χ0) is 13.8. The minimum atomic E-state index is -0.930. The van der Waals surface area contributed by atoms with Gasteiger partial charge in [-0.2, -0.15) is 0 Å². The summed E-state index contributed by atoms with van der Waals surface area (Å²) in [6.07, 6.45) is 4.51. The van der Waals surface area contributed by atoms with Gasteiger partial charge in [0.2, 0.25) is 5.91 Å². The molecule has 0 saturated heterocycles. The average molecular weight is 280 g/mol. The molecule has 2 rings (SSSR count). The molecule has 0 aliphatic heterocycles. The number of carboxylic acids is 1. The first-order valence-electron chi connectivity index (χ1n) is 6.02. The quantitative estimate of drug-likeness (QED) is 0.836. The molecule has 0 bridgehead atoms. The number of aliphatic carboxylic acids is 1. The number of nitrogens with one attached hydrogen (secondary N) is 1. The first kappa shape index (κ1) is 13.6. The normalized spacial score (nSPS) is 21.9. The smallest absolute Gasteiger partial charge is 0.307 e. The maximum absolute atomic E-state index is 12.1. The number of rotatable bonds is 3. The van der Waals surface area contributed by atoms with E-state index in [1.54, 1.807) is 24.3 Å². The van der Waals surface area contributed by atoms with Crippen molar-refractivity contribution in [2.45, 2.75) is 12.8 Å². The third kappa shape index (κ3) is 3.35. The van der Waals surface area contributed by atoms with E-state index in [0.29, 0.717) is 23.6 Å². The van der Waals surface area contributed by atoms with Crippen molar-refractivity contribution in [3.63, 3.8) is 0 Å². The number of halogens is 1. The Morgan fingerprint density at radius 2 is 1.68 bits per heavy atom. The van der Waals surface area contributed by atoms with Crippen molar-refractivity contribution < 1.29 is 14.7 Å². The van der Waals surface area contributed by atoms with Crippen LogP contribution in [-0.2, 0) is 9.59 Å². The molecule has 2 atom stereocenters. The Morgan fingerprint density at radius 3 is 2.26 bits per heavy atom. The second-order valence-electron chi connectivity index (χ2n) is 4.49. The zero-order valence-corrected chi connectivity index (χ0v) is 10.9. The lowest BCUT2D eigenvalue weighted by Crippen LogP contribution is -2.34. The highest BCUT2D eigenvalue weighted by Crippen LogP contribution is 2.27. The van der Waals surface area contributed by atoms with E-state index < -0.39 is 17.8 Å². The van der Waals surface area contributed by atoms with Crippen LogP contribution in [0.1, 0.15) is 12.8 Å². The number of benzene rings is 1. The van der Waals surface area contributed by atoms with Crippen LogP contribution < -0.4 is 5.32 Å². The van der Waals surface area contributed by atoms with Crippen LogP contribution in [0, 0.1) is 11.8 Å². The predicted molar refractivity (Wildman–Crippen MR) is 73.1 cm³/mol. The number of carboxylic acid groups (broad SMARTS) is 1. The lowest BCUT2D eigenvalue weighted by Gasteiger charge is -2.24. The van der Waals surface area contributed by atoms with E-state index in [0.717, 1.165) is 0 Å². The van der Waals surface area contributed by atoms with Gasteiger partial charge in [-0.15, -0.1) is 0 Å². The van der Waals surface area contributed by atoms with E-state index >= 15 is 0 Å². The molecule has 1 aromatic carbocycles. The van der Waals surface area contributed by atoms with E-state index in [-0.39, 0.29) is 5.91 Å². The first-order chi connectivity index (χ1) is 9.08. The fraction of sp³-hybridized carbons (Fsp3) is 0.286. The summed E-state index contributed by atoms with van der Waals surface area (Å²) in [5.41, 5.74) is 0.619. The highest BCUT2D eigenvalue weighted by molar-refractivity contribution is 6.30. The third-order valence-electron chi connectivity index (χ3n) is 3.20. The summed E-state index contributed by atoms with van der Waals surface area (Å²) in [6.45, 7) is 0. The summed E-state index contributed by atoms with van der Waals surface area (Å²) >= 11 is 5.76. The molecule has 0 spiro atoms. The molecule has 1 aliphatic rings. The van der Waals surface area contributed by atoms with Gasteiger partial charge in [-0.3, -0.25) is 9.59 Å². The topological polar surface area (TPSA) is 66.4 Å². The molecule has 5 heteroatoms. The van der Waals surface area contributed by atoms with Gasteiger partial charge in [0, 0.05) is 10.7 Å². The van der Waals surface area contributed by atoms with E-state index in [1.165, 1.54) is 0 Å². The van der Waals surface area contributed by atoms with Crippen LogP contribution in [0.15, 0.2) is 36.4 Å². The van der Waals surface area contributed by atoms with Crippen LogP contribution in [0.5, 0.6) is 0 Å². The number of anilines is 1. The van der Waals surface area contributed by atoms with Gasteiger partial charge >= 0.3 is 5.97 Å². The van der Waals surface area contributed by atoms with Crippen molar-refractivity contribution >= 4 is 29.2 Å². The molecule has 1 aromatic rings. The Morgan fingerprint density at radius 1 is 1.11 bits per heavy atom. The van der Waals surface area contributed by atoms with Crippen molar-refractivity contribution in [2.24, 2.45) is 11.8 Å². The van der Waals surface area contributed by atoms with Gasteiger partial charge < -0.3 is 10.4 Å².